The summed E-state index contributed by atoms with van der Waals surface area (Å²) in [5.41, 5.74) is 2.85. The van der Waals surface area contributed by atoms with Crippen LogP contribution >= 0.6 is 0 Å². The second-order valence-corrected chi connectivity index (χ2v) is 4.23. The molecule has 1 nitrogen and oxygen atoms in total. The van der Waals surface area contributed by atoms with Crippen LogP contribution in [-0.4, -0.2) is 5.11 Å². The smallest absolute Gasteiger partial charge is 0.115 e. The van der Waals surface area contributed by atoms with E-state index in [2.05, 4.69) is 6.92 Å². The Labute approximate surface area is 91.4 Å². The Morgan fingerprint density at radius 1 is 1.13 bits per heavy atom. The van der Waals surface area contributed by atoms with E-state index >= 15 is 0 Å². The van der Waals surface area contributed by atoms with Crippen molar-refractivity contribution in [3.63, 3.8) is 0 Å². The van der Waals surface area contributed by atoms with E-state index in [4.69, 9.17) is 0 Å². The molecule has 0 saturated heterocycles. The molecule has 1 N–H and O–H groups in total. The normalized spacial score (nSPS) is 21.4. The summed E-state index contributed by atoms with van der Waals surface area (Å²) in [6.07, 6.45) is 6.79. The van der Waals surface area contributed by atoms with Crippen LogP contribution in [0.2, 0.25) is 0 Å². The first-order valence-corrected chi connectivity index (χ1v) is 5.55. The molecule has 1 aromatic carbocycles. The fourth-order valence-electron chi connectivity index (χ4n) is 2.27. The molecule has 79 valence electrons. The van der Waals surface area contributed by atoms with Crippen molar-refractivity contribution in [2.45, 2.75) is 31.6 Å². The van der Waals surface area contributed by atoms with Crippen LogP contribution in [0.3, 0.4) is 0 Å². The van der Waals surface area contributed by atoms with Gasteiger partial charge in [-0.15, -0.1) is 0 Å². The Kier molecular flexibility index (Phi) is 3.10. The molecule has 1 aromatic rings. The second-order valence-electron chi connectivity index (χ2n) is 4.23. The monoisotopic (exact) mass is 201 g/mol. The molecule has 15 heavy (non-hydrogen) atoms. The summed E-state index contributed by atoms with van der Waals surface area (Å²) in [6, 6.07) is 7.64. The van der Waals surface area contributed by atoms with Gasteiger partial charge in [-0.2, -0.15) is 0 Å². The number of rotatable bonds is 1. The Balaban J connectivity index is 2.04. The minimum atomic E-state index is 0.355. The van der Waals surface area contributed by atoms with Crippen LogP contribution in [0.25, 0.3) is 0 Å². The lowest BCUT2D eigenvalue weighted by atomic mass is 9.81. The summed E-state index contributed by atoms with van der Waals surface area (Å²) in [5, 5.41) is 9.22. The molecular weight excluding hydrogens is 184 g/mol. The Morgan fingerprint density at radius 2 is 1.73 bits per heavy atom. The van der Waals surface area contributed by atoms with Gasteiger partial charge in [-0.25, -0.2) is 0 Å². The van der Waals surface area contributed by atoms with Crippen LogP contribution in [0, 0.1) is 6.92 Å². The van der Waals surface area contributed by atoms with Crippen LogP contribution < -0.4 is 0 Å². The molecule has 0 unspecified atom stereocenters. The van der Waals surface area contributed by atoms with Crippen molar-refractivity contribution >= 4 is 0 Å². The molecule has 1 fully saturated rings. The molecule has 1 radical (unpaired) electrons. The van der Waals surface area contributed by atoms with Gasteiger partial charge in [0.25, 0.3) is 0 Å². The van der Waals surface area contributed by atoms with Gasteiger partial charge in [0, 0.05) is 0 Å². The predicted molar refractivity (Wildman–Crippen MR) is 62.8 cm³/mol. The molecule has 1 heteroatoms. The highest BCUT2D eigenvalue weighted by molar-refractivity contribution is 5.29. The number of phenolic OH excluding ortho intramolecular Hbond substituents is 1. The first-order valence-electron chi connectivity index (χ1n) is 5.55. The Morgan fingerprint density at radius 3 is 2.27 bits per heavy atom. The first-order chi connectivity index (χ1) is 7.29. The van der Waals surface area contributed by atoms with Crippen molar-refractivity contribution in [2.75, 3.05) is 0 Å². The molecular formula is C14H17O. The summed E-state index contributed by atoms with van der Waals surface area (Å²) in [5.74, 6) is 1.02. The van der Waals surface area contributed by atoms with Gasteiger partial charge < -0.3 is 5.11 Å². The Bertz CT molecular complexity index is 338. The average Bonchev–Trinajstić information content (AvgIpc) is 2.30. The standard InChI is InChI=1S/C14H17O/c1-2-11-3-5-12(6-4-11)13-7-9-14(15)10-8-13/h2,7-10,12,15H,1,3-6H2. The summed E-state index contributed by atoms with van der Waals surface area (Å²) in [7, 11) is 0. The summed E-state index contributed by atoms with van der Waals surface area (Å²) in [4.78, 5) is 0. The zero-order chi connectivity index (χ0) is 10.7. The fourth-order valence-corrected chi connectivity index (χ4v) is 2.27. The molecule has 1 aliphatic carbocycles. The average molecular weight is 201 g/mol. The molecule has 1 saturated carbocycles. The van der Waals surface area contributed by atoms with Gasteiger partial charge >= 0.3 is 0 Å². The second kappa shape index (κ2) is 4.52. The topological polar surface area (TPSA) is 20.2 Å². The van der Waals surface area contributed by atoms with E-state index in [1.54, 1.807) is 12.1 Å². The van der Waals surface area contributed by atoms with E-state index in [1.807, 2.05) is 18.2 Å². The van der Waals surface area contributed by atoms with E-state index < -0.39 is 0 Å². The van der Waals surface area contributed by atoms with Crippen LogP contribution in [0.15, 0.2) is 35.9 Å². The van der Waals surface area contributed by atoms with Crippen LogP contribution in [0.4, 0.5) is 0 Å². The number of phenols is 1. The largest absolute Gasteiger partial charge is 0.508 e. The number of hydrogen-bond acceptors (Lipinski definition) is 1. The summed E-state index contributed by atoms with van der Waals surface area (Å²) >= 11 is 0. The maximum Gasteiger partial charge on any atom is 0.115 e. The third-order valence-electron chi connectivity index (χ3n) is 3.28. The highest BCUT2D eigenvalue weighted by Gasteiger charge is 2.17. The molecule has 0 amide bonds. The van der Waals surface area contributed by atoms with Crippen molar-refractivity contribution in [3.05, 3.63) is 48.4 Å². The molecule has 0 bridgehead atoms. The van der Waals surface area contributed by atoms with E-state index in [1.165, 1.54) is 36.8 Å². The van der Waals surface area contributed by atoms with E-state index in [0.29, 0.717) is 11.7 Å². The molecule has 0 atom stereocenters. The van der Waals surface area contributed by atoms with Crippen molar-refractivity contribution in [2.24, 2.45) is 0 Å². The number of aromatic hydroxyl groups is 1. The lowest BCUT2D eigenvalue weighted by Crippen LogP contribution is -2.06. The van der Waals surface area contributed by atoms with Crippen molar-refractivity contribution in [3.8, 4) is 5.75 Å². The van der Waals surface area contributed by atoms with Gasteiger partial charge in [-0.3, -0.25) is 0 Å². The zero-order valence-corrected chi connectivity index (χ0v) is 8.95. The summed E-state index contributed by atoms with van der Waals surface area (Å²) < 4.78 is 0. The van der Waals surface area contributed by atoms with Crippen molar-refractivity contribution < 1.29 is 5.11 Å². The van der Waals surface area contributed by atoms with Crippen molar-refractivity contribution in [1.29, 1.82) is 0 Å². The number of benzene rings is 1. The molecule has 0 spiro atoms. The molecule has 0 heterocycles. The van der Waals surface area contributed by atoms with E-state index in [0.717, 1.165) is 0 Å². The molecule has 2 rings (SSSR count). The highest BCUT2D eigenvalue weighted by atomic mass is 16.3. The lowest BCUT2D eigenvalue weighted by molar-refractivity contribution is 0.473. The predicted octanol–water partition coefficient (Wildman–Crippen LogP) is 3.81. The van der Waals surface area contributed by atoms with E-state index in [9.17, 15) is 5.11 Å². The zero-order valence-electron chi connectivity index (χ0n) is 8.95. The quantitative estimate of drug-likeness (QED) is 0.732. The summed E-state index contributed by atoms with van der Waals surface area (Å²) in [6.45, 7) is 3.82. The third kappa shape index (κ3) is 2.41. The molecule has 0 aliphatic heterocycles. The number of hydrogen-bond donors (Lipinski definition) is 1. The molecule has 1 aliphatic rings. The lowest BCUT2D eigenvalue weighted by Gasteiger charge is -2.24. The highest BCUT2D eigenvalue weighted by Crippen LogP contribution is 2.35. The van der Waals surface area contributed by atoms with Crippen molar-refractivity contribution in [1.82, 2.24) is 0 Å². The Hall–Kier alpha value is -1.24. The van der Waals surface area contributed by atoms with E-state index in [-0.39, 0.29) is 0 Å². The maximum absolute atomic E-state index is 9.22. The van der Waals surface area contributed by atoms with Crippen LogP contribution in [0.1, 0.15) is 37.2 Å². The minimum absolute atomic E-state index is 0.355. The number of allylic oxidation sites excluding steroid dienone is 2. The van der Waals surface area contributed by atoms with Gasteiger partial charge in [-0.05, 0) is 56.2 Å². The first kappa shape index (κ1) is 10.3. The van der Waals surface area contributed by atoms with Gasteiger partial charge in [0.1, 0.15) is 5.75 Å². The van der Waals surface area contributed by atoms with Crippen LogP contribution in [-0.2, 0) is 0 Å². The van der Waals surface area contributed by atoms with Gasteiger partial charge in [0.05, 0.1) is 0 Å². The minimum Gasteiger partial charge on any atom is -0.508 e. The van der Waals surface area contributed by atoms with Gasteiger partial charge in [0.2, 0.25) is 0 Å². The molecule has 0 aromatic heterocycles. The fraction of sp³-hybridized carbons (Fsp3) is 0.357. The van der Waals surface area contributed by atoms with Crippen LogP contribution in [0.5, 0.6) is 5.75 Å². The maximum atomic E-state index is 9.22. The van der Waals surface area contributed by atoms with Gasteiger partial charge in [0.15, 0.2) is 0 Å². The third-order valence-corrected chi connectivity index (χ3v) is 3.28. The SMILES string of the molecule is [CH2]C=C1CCC(c2ccc(O)cc2)CC1. The van der Waals surface area contributed by atoms with Gasteiger partial charge in [-0.1, -0.05) is 23.8 Å².